The van der Waals surface area contributed by atoms with Crippen LogP contribution in [0.5, 0.6) is 0 Å². The zero-order valence-corrected chi connectivity index (χ0v) is 10.4. The fourth-order valence-electron chi connectivity index (χ4n) is 2.11. The average molecular weight is 243 g/mol. The predicted molar refractivity (Wildman–Crippen MR) is 62.3 cm³/mol. The van der Waals surface area contributed by atoms with Gasteiger partial charge in [0.2, 0.25) is 5.91 Å². The monoisotopic (exact) mass is 243 g/mol. The Bertz CT molecular complexity index is 267. The van der Waals surface area contributed by atoms with E-state index in [1.165, 1.54) is 7.11 Å². The molecule has 1 aliphatic heterocycles. The van der Waals surface area contributed by atoms with Crippen LogP contribution >= 0.6 is 0 Å². The van der Waals surface area contributed by atoms with Crippen LogP contribution in [0.25, 0.3) is 0 Å². The third-order valence-corrected chi connectivity index (χ3v) is 3.11. The lowest BCUT2D eigenvalue weighted by atomic mass is 9.98. The molecule has 5 heteroatoms. The molecule has 0 bridgehead atoms. The summed E-state index contributed by atoms with van der Waals surface area (Å²) in [6.45, 7) is 1.33. The lowest BCUT2D eigenvalue weighted by Crippen LogP contribution is -2.42. The Kier molecular flexibility index (Phi) is 5.97. The number of nitrogens with zero attached hydrogens (tertiary/aromatic N) is 1. The summed E-state index contributed by atoms with van der Waals surface area (Å²) in [4.78, 5) is 25.0. The van der Waals surface area contributed by atoms with Gasteiger partial charge in [-0.3, -0.25) is 9.59 Å². The minimum atomic E-state index is -0.224. The molecule has 1 N–H and O–H groups in total. The molecule has 1 saturated heterocycles. The number of carbonyl (C=O) groups is 2. The molecule has 0 aromatic rings. The van der Waals surface area contributed by atoms with Crippen LogP contribution in [0.1, 0.15) is 32.1 Å². The lowest BCUT2D eigenvalue weighted by molar-refractivity contribution is -0.149. The number of amides is 1. The Morgan fingerprint density at radius 1 is 1.41 bits per heavy atom. The number of esters is 1. The second-order valence-electron chi connectivity index (χ2n) is 4.38. The van der Waals surface area contributed by atoms with Crippen molar-refractivity contribution in [3.63, 3.8) is 0 Å². The maximum absolute atomic E-state index is 11.8. The molecule has 1 heterocycles. The summed E-state index contributed by atoms with van der Waals surface area (Å²) < 4.78 is 4.71. The number of hydrogen-bond acceptors (Lipinski definition) is 4. The maximum atomic E-state index is 11.8. The number of aliphatic hydroxyl groups is 1. The van der Waals surface area contributed by atoms with E-state index in [0.717, 1.165) is 19.4 Å². The Morgan fingerprint density at radius 3 is 2.82 bits per heavy atom. The summed E-state index contributed by atoms with van der Waals surface area (Å²) >= 11 is 0. The first kappa shape index (κ1) is 14.0. The van der Waals surface area contributed by atoms with Crippen molar-refractivity contribution < 1.29 is 19.4 Å². The number of unbranched alkanes of at least 4 members (excludes halogenated alkanes) is 1. The van der Waals surface area contributed by atoms with Gasteiger partial charge in [-0.25, -0.2) is 0 Å². The van der Waals surface area contributed by atoms with Gasteiger partial charge in [0.25, 0.3) is 0 Å². The number of piperidine rings is 1. The molecular weight excluding hydrogens is 222 g/mol. The number of rotatable bonds is 5. The zero-order valence-electron chi connectivity index (χ0n) is 10.4. The van der Waals surface area contributed by atoms with Gasteiger partial charge in [0.05, 0.1) is 13.0 Å². The Hall–Kier alpha value is -1.10. The molecular formula is C12H21NO4. The van der Waals surface area contributed by atoms with Gasteiger partial charge in [-0.2, -0.15) is 0 Å². The molecule has 1 rings (SSSR count). The molecule has 98 valence electrons. The number of methoxy groups -OCH3 is 1. The highest BCUT2D eigenvalue weighted by Crippen LogP contribution is 2.18. The second kappa shape index (κ2) is 7.27. The van der Waals surface area contributed by atoms with Gasteiger partial charge >= 0.3 is 5.97 Å². The standard InChI is InChI=1S/C12H21NO4/c1-17-12(16)10-5-4-7-13(9-10)11(15)6-2-3-8-14/h10,14H,2-9H2,1H3. The Balaban J connectivity index is 2.37. The van der Waals surface area contributed by atoms with E-state index >= 15 is 0 Å². The van der Waals surface area contributed by atoms with Crippen LogP contribution in [0, 0.1) is 5.92 Å². The molecule has 0 aliphatic carbocycles. The predicted octanol–water partition coefficient (Wildman–Crippen LogP) is 0.561. The number of likely N-dealkylation sites (tertiary alicyclic amines) is 1. The molecule has 0 spiro atoms. The minimum Gasteiger partial charge on any atom is -0.469 e. The first-order valence-corrected chi connectivity index (χ1v) is 6.15. The van der Waals surface area contributed by atoms with E-state index in [-0.39, 0.29) is 24.4 Å². The fourth-order valence-corrected chi connectivity index (χ4v) is 2.11. The number of aliphatic hydroxyl groups excluding tert-OH is 1. The number of carbonyl (C=O) groups excluding carboxylic acids is 2. The molecule has 17 heavy (non-hydrogen) atoms. The van der Waals surface area contributed by atoms with Gasteiger partial charge in [0, 0.05) is 26.1 Å². The maximum Gasteiger partial charge on any atom is 0.310 e. The summed E-state index contributed by atoms with van der Waals surface area (Å²) in [6.07, 6.45) is 3.46. The van der Waals surface area contributed by atoms with Gasteiger partial charge in [-0.05, 0) is 25.7 Å². The summed E-state index contributed by atoms with van der Waals surface area (Å²) in [5.41, 5.74) is 0. The van der Waals surface area contributed by atoms with Crippen LogP contribution in [-0.2, 0) is 14.3 Å². The van der Waals surface area contributed by atoms with Crippen molar-refractivity contribution in [2.45, 2.75) is 32.1 Å². The largest absolute Gasteiger partial charge is 0.469 e. The molecule has 1 unspecified atom stereocenters. The van der Waals surface area contributed by atoms with E-state index in [2.05, 4.69) is 0 Å². The second-order valence-corrected chi connectivity index (χ2v) is 4.38. The topological polar surface area (TPSA) is 66.8 Å². The molecule has 1 amide bonds. The fraction of sp³-hybridized carbons (Fsp3) is 0.833. The van der Waals surface area contributed by atoms with Crippen LogP contribution in [0.15, 0.2) is 0 Å². The van der Waals surface area contributed by atoms with Crippen LogP contribution in [-0.4, -0.2) is 48.7 Å². The SMILES string of the molecule is COC(=O)C1CCCN(C(=O)CCCCO)C1. The summed E-state index contributed by atoms with van der Waals surface area (Å²) in [6, 6.07) is 0. The van der Waals surface area contributed by atoms with E-state index < -0.39 is 0 Å². The minimum absolute atomic E-state index is 0.0760. The third-order valence-electron chi connectivity index (χ3n) is 3.11. The van der Waals surface area contributed by atoms with Crippen molar-refractivity contribution in [1.29, 1.82) is 0 Å². The lowest BCUT2D eigenvalue weighted by Gasteiger charge is -2.31. The zero-order chi connectivity index (χ0) is 12.7. The molecule has 1 fully saturated rings. The van der Waals surface area contributed by atoms with Crippen LogP contribution in [0.4, 0.5) is 0 Å². The Morgan fingerprint density at radius 2 is 2.18 bits per heavy atom. The van der Waals surface area contributed by atoms with Crippen molar-refractivity contribution in [3.05, 3.63) is 0 Å². The molecule has 5 nitrogen and oxygen atoms in total. The molecule has 0 aromatic heterocycles. The van der Waals surface area contributed by atoms with E-state index in [1.54, 1.807) is 4.90 Å². The quantitative estimate of drug-likeness (QED) is 0.566. The molecule has 1 aliphatic rings. The third kappa shape index (κ3) is 4.34. The smallest absolute Gasteiger partial charge is 0.310 e. The summed E-state index contributed by atoms with van der Waals surface area (Å²) in [7, 11) is 1.38. The highest BCUT2D eigenvalue weighted by atomic mass is 16.5. The van der Waals surface area contributed by atoms with Gasteiger partial charge in [-0.1, -0.05) is 0 Å². The first-order valence-electron chi connectivity index (χ1n) is 6.15. The van der Waals surface area contributed by atoms with Gasteiger partial charge in [0.1, 0.15) is 0 Å². The summed E-state index contributed by atoms with van der Waals surface area (Å²) in [5, 5.41) is 8.65. The molecule has 1 atom stereocenters. The number of ether oxygens (including phenoxy) is 1. The van der Waals surface area contributed by atoms with Crippen molar-refractivity contribution in [1.82, 2.24) is 4.90 Å². The van der Waals surface area contributed by atoms with E-state index in [9.17, 15) is 9.59 Å². The highest BCUT2D eigenvalue weighted by molar-refractivity contribution is 5.78. The average Bonchev–Trinajstić information content (AvgIpc) is 2.38. The van der Waals surface area contributed by atoms with Gasteiger partial charge in [-0.15, -0.1) is 0 Å². The molecule has 0 aromatic carbocycles. The first-order chi connectivity index (χ1) is 8.19. The summed E-state index contributed by atoms with van der Waals surface area (Å²) in [5.74, 6) is -0.319. The van der Waals surface area contributed by atoms with Crippen LogP contribution < -0.4 is 0 Å². The van der Waals surface area contributed by atoms with Crippen LogP contribution in [0.3, 0.4) is 0 Å². The highest BCUT2D eigenvalue weighted by Gasteiger charge is 2.28. The molecule has 0 radical (unpaired) electrons. The van der Waals surface area contributed by atoms with Crippen molar-refractivity contribution >= 4 is 11.9 Å². The van der Waals surface area contributed by atoms with E-state index in [4.69, 9.17) is 9.84 Å². The van der Waals surface area contributed by atoms with Crippen molar-refractivity contribution in [2.75, 3.05) is 26.8 Å². The number of hydrogen-bond donors (Lipinski definition) is 1. The normalized spacial score (nSPS) is 20.1. The molecule has 0 saturated carbocycles. The van der Waals surface area contributed by atoms with Crippen LogP contribution in [0.2, 0.25) is 0 Å². The van der Waals surface area contributed by atoms with Crippen molar-refractivity contribution in [3.8, 4) is 0 Å². The van der Waals surface area contributed by atoms with Gasteiger partial charge in [0.15, 0.2) is 0 Å². The van der Waals surface area contributed by atoms with E-state index in [0.29, 0.717) is 25.8 Å². The Labute approximate surface area is 102 Å². The van der Waals surface area contributed by atoms with E-state index in [1.807, 2.05) is 0 Å². The van der Waals surface area contributed by atoms with Gasteiger partial charge < -0.3 is 14.7 Å². The van der Waals surface area contributed by atoms with Crippen molar-refractivity contribution in [2.24, 2.45) is 5.92 Å².